The number of nitrogens with zero attached hydrogens (tertiary/aromatic N) is 3. The van der Waals surface area contributed by atoms with Crippen molar-refractivity contribution in [1.29, 1.82) is 0 Å². The zero-order chi connectivity index (χ0) is 24.3. The minimum absolute atomic E-state index is 0.0180. The van der Waals surface area contributed by atoms with E-state index >= 15 is 0 Å². The number of hydrogen-bond acceptors (Lipinski definition) is 7. The van der Waals surface area contributed by atoms with E-state index in [1.165, 1.54) is 17.4 Å². The van der Waals surface area contributed by atoms with Crippen molar-refractivity contribution in [3.8, 4) is 0 Å². The SMILES string of the molecule is CC(C)(C)OC(=O)N[C@@H](Cc1cn(C(=O)OC(C)(C)C)cn1)C(=O)N1CCC[C@H]1C(N)=O. The van der Waals surface area contributed by atoms with Gasteiger partial charge in [-0.25, -0.2) is 19.1 Å². The highest BCUT2D eigenvalue weighted by atomic mass is 16.6. The maximum atomic E-state index is 13.2. The maximum absolute atomic E-state index is 13.2. The fraction of sp³-hybridized carbons (Fsp3) is 0.667. The van der Waals surface area contributed by atoms with Crippen LogP contribution < -0.4 is 11.1 Å². The third-order valence-corrected chi connectivity index (χ3v) is 4.51. The lowest BCUT2D eigenvalue weighted by molar-refractivity contribution is -0.139. The van der Waals surface area contributed by atoms with Gasteiger partial charge in [0.15, 0.2) is 0 Å². The zero-order valence-corrected chi connectivity index (χ0v) is 19.5. The molecule has 178 valence electrons. The number of likely N-dealkylation sites (tertiary alicyclic amines) is 1. The summed E-state index contributed by atoms with van der Waals surface area (Å²) >= 11 is 0. The van der Waals surface area contributed by atoms with Crippen molar-refractivity contribution in [3.63, 3.8) is 0 Å². The topological polar surface area (TPSA) is 146 Å². The number of nitrogens with two attached hydrogens (primary N) is 1. The highest BCUT2D eigenvalue weighted by molar-refractivity contribution is 5.91. The Hall–Kier alpha value is -3.11. The van der Waals surface area contributed by atoms with Crippen molar-refractivity contribution in [2.24, 2.45) is 5.73 Å². The van der Waals surface area contributed by atoms with Crippen LogP contribution in [-0.2, 0) is 25.5 Å². The van der Waals surface area contributed by atoms with Crippen molar-refractivity contribution in [3.05, 3.63) is 18.2 Å². The summed E-state index contributed by atoms with van der Waals surface area (Å²) in [5.74, 6) is -1.06. The standard InChI is InChI=1S/C21H33N5O6/c1-20(2,3)31-18(29)24-14(17(28)26-9-7-8-15(26)16(22)27)10-13-11-25(12-23-13)19(30)32-21(4,5)6/h11-12,14-15H,7-10H2,1-6H3,(H2,22,27)(H,24,29)/t14-,15-/m0/s1. The van der Waals surface area contributed by atoms with Gasteiger partial charge in [0, 0.05) is 19.2 Å². The Bertz CT molecular complexity index is 867. The first-order chi connectivity index (χ1) is 14.7. The Balaban J connectivity index is 2.21. The van der Waals surface area contributed by atoms with Gasteiger partial charge >= 0.3 is 12.2 Å². The molecule has 1 aromatic heterocycles. The van der Waals surface area contributed by atoms with Gasteiger partial charge in [0.05, 0.1) is 5.69 Å². The highest BCUT2D eigenvalue weighted by Gasteiger charge is 2.37. The molecule has 0 bridgehead atoms. The van der Waals surface area contributed by atoms with Gasteiger partial charge in [-0.05, 0) is 54.4 Å². The zero-order valence-electron chi connectivity index (χ0n) is 19.5. The maximum Gasteiger partial charge on any atom is 0.419 e. The molecule has 0 aromatic carbocycles. The summed E-state index contributed by atoms with van der Waals surface area (Å²) in [5.41, 5.74) is 4.37. The lowest BCUT2D eigenvalue weighted by atomic mass is 10.1. The minimum Gasteiger partial charge on any atom is -0.444 e. The number of primary amides is 1. The second-order valence-corrected chi connectivity index (χ2v) is 9.75. The van der Waals surface area contributed by atoms with Crippen LogP contribution in [0.5, 0.6) is 0 Å². The average molecular weight is 452 g/mol. The van der Waals surface area contributed by atoms with Crippen molar-refractivity contribution in [2.75, 3.05) is 6.54 Å². The van der Waals surface area contributed by atoms with Crippen molar-refractivity contribution in [1.82, 2.24) is 19.8 Å². The van der Waals surface area contributed by atoms with E-state index in [1.54, 1.807) is 41.5 Å². The molecule has 2 heterocycles. The summed E-state index contributed by atoms with van der Waals surface area (Å²) in [7, 11) is 0. The molecule has 0 spiro atoms. The van der Waals surface area contributed by atoms with Crippen molar-refractivity contribution < 1.29 is 28.7 Å². The van der Waals surface area contributed by atoms with Crippen molar-refractivity contribution >= 4 is 24.0 Å². The van der Waals surface area contributed by atoms with Crippen LogP contribution in [0.2, 0.25) is 0 Å². The quantitative estimate of drug-likeness (QED) is 0.691. The molecule has 1 aliphatic rings. The van der Waals surface area contributed by atoms with Crippen molar-refractivity contribution in [2.45, 2.75) is 84.1 Å². The molecular weight excluding hydrogens is 418 g/mol. The predicted molar refractivity (Wildman–Crippen MR) is 115 cm³/mol. The van der Waals surface area contributed by atoms with Crippen LogP contribution >= 0.6 is 0 Å². The highest BCUT2D eigenvalue weighted by Crippen LogP contribution is 2.19. The van der Waals surface area contributed by atoms with E-state index in [4.69, 9.17) is 15.2 Å². The molecule has 0 radical (unpaired) electrons. The largest absolute Gasteiger partial charge is 0.444 e. The Morgan fingerprint density at radius 3 is 2.34 bits per heavy atom. The number of carbonyl (C=O) groups excluding carboxylic acids is 4. The third kappa shape index (κ3) is 7.24. The van der Waals surface area contributed by atoms with Crippen LogP contribution in [0.15, 0.2) is 12.5 Å². The molecule has 11 nitrogen and oxygen atoms in total. The number of amides is 3. The number of ether oxygens (including phenoxy) is 2. The molecule has 0 unspecified atom stereocenters. The molecule has 1 aliphatic heterocycles. The number of nitrogens with one attached hydrogen (secondary N) is 1. The lowest BCUT2D eigenvalue weighted by Gasteiger charge is -2.28. The molecule has 0 saturated carbocycles. The van der Waals surface area contributed by atoms with E-state index < -0.39 is 47.3 Å². The van der Waals surface area contributed by atoms with Gasteiger partial charge in [0.25, 0.3) is 0 Å². The Labute approximate surface area is 187 Å². The monoisotopic (exact) mass is 451 g/mol. The first kappa shape index (κ1) is 25.2. The van der Waals surface area contributed by atoms with Crippen LogP contribution in [0.3, 0.4) is 0 Å². The Morgan fingerprint density at radius 2 is 1.78 bits per heavy atom. The number of imidazole rings is 1. The van der Waals surface area contributed by atoms with E-state index in [0.717, 1.165) is 4.57 Å². The summed E-state index contributed by atoms with van der Waals surface area (Å²) in [6.45, 7) is 10.7. The summed E-state index contributed by atoms with van der Waals surface area (Å²) in [4.78, 5) is 55.1. The van der Waals surface area contributed by atoms with Gasteiger partial charge in [-0.3, -0.25) is 9.59 Å². The van der Waals surface area contributed by atoms with Crippen LogP contribution in [0, 0.1) is 0 Å². The molecular formula is C21H33N5O6. The van der Waals surface area contributed by atoms with E-state index in [-0.39, 0.29) is 6.42 Å². The van der Waals surface area contributed by atoms with Crippen LogP contribution in [0.4, 0.5) is 9.59 Å². The summed E-state index contributed by atoms with van der Waals surface area (Å²) in [6.07, 6.45) is 2.39. The van der Waals surface area contributed by atoms with Gasteiger partial charge in [0.2, 0.25) is 11.8 Å². The number of alkyl carbamates (subject to hydrolysis) is 1. The number of rotatable bonds is 5. The molecule has 2 rings (SSSR count). The normalized spacial score (nSPS) is 17.6. The smallest absolute Gasteiger partial charge is 0.419 e. The molecule has 1 saturated heterocycles. The molecule has 1 aromatic rings. The first-order valence-electron chi connectivity index (χ1n) is 10.5. The third-order valence-electron chi connectivity index (χ3n) is 4.51. The minimum atomic E-state index is -1.06. The second-order valence-electron chi connectivity index (χ2n) is 9.75. The van der Waals surface area contributed by atoms with Gasteiger partial charge < -0.3 is 25.4 Å². The van der Waals surface area contributed by atoms with Gasteiger partial charge in [-0.15, -0.1) is 0 Å². The number of hydrogen-bond donors (Lipinski definition) is 2. The van der Waals surface area contributed by atoms with Gasteiger partial charge in [-0.1, -0.05) is 0 Å². The fourth-order valence-electron chi connectivity index (χ4n) is 3.27. The van der Waals surface area contributed by atoms with Crippen LogP contribution in [-0.4, -0.2) is 68.3 Å². The molecule has 0 aliphatic carbocycles. The number of carbonyl (C=O) groups is 4. The Kier molecular flexibility index (Phi) is 7.53. The summed E-state index contributed by atoms with van der Waals surface area (Å²) in [5, 5.41) is 2.57. The fourth-order valence-corrected chi connectivity index (χ4v) is 3.27. The van der Waals surface area contributed by atoms with Crippen LogP contribution in [0.25, 0.3) is 0 Å². The van der Waals surface area contributed by atoms with E-state index in [0.29, 0.717) is 25.1 Å². The van der Waals surface area contributed by atoms with Crippen LogP contribution in [0.1, 0.15) is 60.1 Å². The average Bonchev–Trinajstić information content (AvgIpc) is 3.27. The summed E-state index contributed by atoms with van der Waals surface area (Å²) < 4.78 is 11.7. The molecule has 3 N–H and O–H groups in total. The van der Waals surface area contributed by atoms with E-state index in [1.807, 2.05) is 0 Å². The Morgan fingerprint density at radius 1 is 1.16 bits per heavy atom. The number of aromatic nitrogens is 2. The first-order valence-corrected chi connectivity index (χ1v) is 10.5. The predicted octanol–water partition coefficient (Wildman–Crippen LogP) is 1.58. The van der Waals surface area contributed by atoms with E-state index in [2.05, 4.69) is 10.3 Å². The van der Waals surface area contributed by atoms with Gasteiger partial charge in [-0.2, -0.15) is 0 Å². The second kappa shape index (κ2) is 9.58. The lowest BCUT2D eigenvalue weighted by Crippen LogP contribution is -2.54. The van der Waals surface area contributed by atoms with Gasteiger partial charge in [0.1, 0.15) is 29.6 Å². The molecule has 32 heavy (non-hydrogen) atoms. The molecule has 3 amide bonds. The van der Waals surface area contributed by atoms with E-state index in [9.17, 15) is 19.2 Å². The summed E-state index contributed by atoms with van der Waals surface area (Å²) in [6, 6.07) is -1.79. The molecule has 2 atom stereocenters. The molecule has 1 fully saturated rings. The molecule has 11 heteroatoms.